The van der Waals surface area contributed by atoms with E-state index in [-0.39, 0.29) is 34.1 Å². The highest BCUT2D eigenvalue weighted by molar-refractivity contribution is 7.99. The second-order valence-corrected chi connectivity index (χ2v) is 16.0. The maximum atomic E-state index is 13.2. The summed E-state index contributed by atoms with van der Waals surface area (Å²) in [5.41, 5.74) is -0.767. The molecule has 1 aromatic heterocycles. The minimum atomic E-state index is -1.01. The average molecular weight is 737 g/mol. The van der Waals surface area contributed by atoms with Crippen LogP contribution >= 0.6 is 23.4 Å². The fourth-order valence-corrected chi connectivity index (χ4v) is 6.74. The molecule has 5 rings (SSSR count). The summed E-state index contributed by atoms with van der Waals surface area (Å²) < 4.78 is 11.7. The molecule has 0 saturated carbocycles. The van der Waals surface area contributed by atoms with Crippen LogP contribution in [0.1, 0.15) is 59.9 Å². The number of halogens is 1. The number of aliphatic hydroxyl groups excluding tert-OH is 1. The molecule has 51 heavy (non-hydrogen) atoms. The number of alkyl carbamates (subject to hydrolysis) is 1. The Bertz CT molecular complexity index is 1820. The summed E-state index contributed by atoms with van der Waals surface area (Å²) >= 11 is 8.02. The Hall–Kier alpha value is -4.49. The number of aromatic nitrogens is 2. The van der Waals surface area contributed by atoms with E-state index in [0.717, 1.165) is 18.4 Å². The summed E-state index contributed by atoms with van der Waals surface area (Å²) in [7, 11) is 1.53. The third kappa shape index (κ3) is 8.88. The van der Waals surface area contributed by atoms with Crippen LogP contribution in [0.5, 0.6) is 5.88 Å². The van der Waals surface area contributed by atoms with Crippen molar-refractivity contribution in [1.29, 1.82) is 0 Å². The summed E-state index contributed by atoms with van der Waals surface area (Å²) in [6.07, 6.45) is 2.85. The Labute approximate surface area is 307 Å². The quantitative estimate of drug-likeness (QED) is 0.186. The topological polar surface area (TPSA) is 146 Å². The van der Waals surface area contributed by atoms with Crippen LogP contribution in [0.2, 0.25) is 5.02 Å². The van der Waals surface area contributed by atoms with Gasteiger partial charge in [0.15, 0.2) is 5.82 Å². The van der Waals surface area contributed by atoms with Gasteiger partial charge in [-0.1, -0.05) is 66.7 Å². The van der Waals surface area contributed by atoms with Gasteiger partial charge in [0.25, 0.3) is 17.7 Å². The van der Waals surface area contributed by atoms with Gasteiger partial charge >= 0.3 is 6.09 Å². The Balaban J connectivity index is 1.32. The number of hydrogen-bond acceptors (Lipinski definition) is 10. The third-order valence-electron chi connectivity index (χ3n) is 9.07. The van der Waals surface area contributed by atoms with Crippen LogP contribution in [0, 0.1) is 5.41 Å². The number of piperidine rings is 1. The molecule has 2 aliphatic heterocycles. The molecule has 0 aliphatic carbocycles. The van der Waals surface area contributed by atoms with E-state index >= 15 is 0 Å². The van der Waals surface area contributed by atoms with Crippen LogP contribution < -0.4 is 20.3 Å². The SMILES string of the molecule is CN1C(=O)C(C(=O)Nc2cccc(Sc3cnc(N4CCC(C)(CNC(=O)OC(C)(C)C)CC4)c(OCc4ccccc4)n3)c2Cl)=C(O)C1(C)C. The molecule has 3 aromatic rings. The number of ether oxygens (including phenoxy) is 2. The van der Waals surface area contributed by atoms with Crippen LogP contribution in [-0.2, 0) is 20.9 Å². The first-order valence-corrected chi connectivity index (χ1v) is 17.9. The number of likely N-dealkylation sites (N-methyl/N-ethyl adjacent to an activating group) is 1. The molecule has 0 spiro atoms. The highest BCUT2D eigenvalue weighted by Gasteiger charge is 2.46. The second kappa shape index (κ2) is 15.0. The predicted octanol–water partition coefficient (Wildman–Crippen LogP) is 6.99. The lowest BCUT2D eigenvalue weighted by Crippen LogP contribution is -2.46. The summed E-state index contributed by atoms with van der Waals surface area (Å²) in [4.78, 5) is 51.9. The largest absolute Gasteiger partial charge is 0.509 e. The lowest BCUT2D eigenvalue weighted by Gasteiger charge is -2.40. The number of rotatable bonds is 10. The summed E-state index contributed by atoms with van der Waals surface area (Å²) in [6.45, 7) is 13.1. The number of nitrogens with one attached hydrogen (secondary N) is 2. The van der Waals surface area contributed by atoms with Crippen LogP contribution in [-0.4, -0.2) is 75.7 Å². The molecule has 2 aliphatic rings. The van der Waals surface area contributed by atoms with E-state index < -0.39 is 29.0 Å². The highest BCUT2D eigenvalue weighted by atomic mass is 35.5. The third-order valence-corrected chi connectivity index (χ3v) is 10.6. The van der Waals surface area contributed by atoms with Crippen molar-refractivity contribution in [3.8, 4) is 5.88 Å². The van der Waals surface area contributed by atoms with E-state index in [1.807, 2.05) is 51.1 Å². The molecule has 0 radical (unpaired) electrons. The van der Waals surface area contributed by atoms with E-state index in [2.05, 4.69) is 22.5 Å². The van der Waals surface area contributed by atoms with Gasteiger partial charge in [0.2, 0.25) is 0 Å². The summed E-state index contributed by atoms with van der Waals surface area (Å²) in [5, 5.41) is 17.0. The van der Waals surface area contributed by atoms with Crippen molar-refractivity contribution >= 4 is 52.8 Å². The number of hydrogen-bond donors (Lipinski definition) is 3. The van der Waals surface area contributed by atoms with Gasteiger partial charge < -0.3 is 35.0 Å². The minimum absolute atomic E-state index is 0.120. The number of nitrogens with zero attached hydrogens (tertiary/aromatic N) is 4. The summed E-state index contributed by atoms with van der Waals surface area (Å²) in [5.74, 6) is -0.646. The van der Waals surface area contributed by atoms with E-state index in [9.17, 15) is 19.5 Å². The van der Waals surface area contributed by atoms with Gasteiger partial charge in [-0.2, -0.15) is 0 Å². The zero-order valence-electron chi connectivity index (χ0n) is 30.0. The van der Waals surface area contributed by atoms with Crippen molar-refractivity contribution in [1.82, 2.24) is 20.2 Å². The van der Waals surface area contributed by atoms with E-state index in [0.29, 0.717) is 41.3 Å². The van der Waals surface area contributed by atoms with Gasteiger partial charge in [-0.05, 0) is 70.6 Å². The minimum Gasteiger partial charge on any atom is -0.509 e. The summed E-state index contributed by atoms with van der Waals surface area (Å²) in [6, 6.07) is 14.9. The number of aliphatic hydroxyl groups is 1. The Kier molecular flexibility index (Phi) is 11.1. The molecule has 2 aromatic carbocycles. The molecule has 14 heteroatoms. The molecule has 1 fully saturated rings. The maximum Gasteiger partial charge on any atom is 0.407 e. The first kappa shape index (κ1) is 37.8. The van der Waals surface area contributed by atoms with E-state index in [1.165, 1.54) is 23.7 Å². The molecule has 12 nitrogen and oxygen atoms in total. The van der Waals surface area contributed by atoms with Crippen molar-refractivity contribution in [2.75, 3.05) is 36.9 Å². The van der Waals surface area contributed by atoms with Crippen LogP contribution in [0.3, 0.4) is 0 Å². The molecular formula is C37H45ClN6O6S. The molecule has 3 amide bonds. The van der Waals surface area contributed by atoms with Crippen molar-refractivity contribution in [3.05, 3.63) is 76.6 Å². The smallest absolute Gasteiger partial charge is 0.407 e. The van der Waals surface area contributed by atoms with E-state index in [1.54, 1.807) is 38.2 Å². The average Bonchev–Trinajstić information content (AvgIpc) is 3.23. The van der Waals surface area contributed by atoms with Crippen molar-refractivity contribution in [2.45, 2.75) is 82.1 Å². The van der Waals surface area contributed by atoms with E-state index in [4.69, 9.17) is 31.0 Å². The van der Waals surface area contributed by atoms with Gasteiger partial charge in [-0.15, -0.1) is 0 Å². The maximum absolute atomic E-state index is 13.2. The number of amides is 3. The molecule has 0 unspecified atom stereocenters. The van der Waals surface area contributed by atoms with Gasteiger partial charge in [-0.25, -0.2) is 14.8 Å². The van der Waals surface area contributed by atoms with Gasteiger partial charge in [0.1, 0.15) is 28.6 Å². The highest BCUT2D eigenvalue weighted by Crippen LogP contribution is 2.40. The number of benzene rings is 2. The predicted molar refractivity (Wildman–Crippen MR) is 197 cm³/mol. The van der Waals surface area contributed by atoms with Gasteiger partial charge in [0.05, 0.1) is 22.4 Å². The second-order valence-electron chi connectivity index (χ2n) is 14.6. The number of carbonyl (C=O) groups is 3. The Morgan fingerprint density at radius 2 is 1.75 bits per heavy atom. The van der Waals surface area contributed by atoms with Crippen LogP contribution in [0.25, 0.3) is 0 Å². The first-order valence-electron chi connectivity index (χ1n) is 16.7. The number of carbonyl (C=O) groups excluding carboxylic acids is 3. The van der Waals surface area contributed by atoms with Crippen molar-refractivity contribution in [2.24, 2.45) is 5.41 Å². The zero-order chi connectivity index (χ0) is 37.1. The molecule has 0 atom stereocenters. The Morgan fingerprint density at radius 1 is 1.06 bits per heavy atom. The lowest BCUT2D eigenvalue weighted by molar-refractivity contribution is -0.129. The molecule has 0 bridgehead atoms. The van der Waals surface area contributed by atoms with Crippen LogP contribution in [0.15, 0.2) is 76.0 Å². The number of anilines is 2. The van der Waals surface area contributed by atoms with Gasteiger partial charge in [-0.3, -0.25) is 9.59 Å². The Morgan fingerprint density at radius 3 is 2.37 bits per heavy atom. The molecule has 1 saturated heterocycles. The van der Waals surface area contributed by atoms with Crippen LogP contribution in [0.4, 0.5) is 16.3 Å². The molecule has 272 valence electrons. The van der Waals surface area contributed by atoms with Gasteiger partial charge in [0, 0.05) is 31.6 Å². The standard InChI is InChI=1S/C37H45ClN6O6S/c1-35(2,3)50-34(48)40-22-37(6)16-18-44(19-17-37)30-32(49-21-23-12-9-8-10-13-23)42-26(20-39-30)51-25-15-11-14-24(28(25)38)41-31(46)27-29(45)36(4,5)43(7)33(27)47/h8-15,20,45H,16-19,21-22H2,1-7H3,(H,40,48)(H,41,46). The fraction of sp³-hybridized carbons (Fsp3) is 0.432. The van der Waals surface area contributed by atoms with Crippen molar-refractivity contribution < 1.29 is 29.0 Å². The zero-order valence-corrected chi connectivity index (χ0v) is 31.6. The van der Waals surface area contributed by atoms with Crippen molar-refractivity contribution in [3.63, 3.8) is 0 Å². The lowest BCUT2D eigenvalue weighted by atomic mass is 9.80. The molecule has 3 heterocycles. The molecular weight excluding hydrogens is 692 g/mol. The molecule has 3 N–H and O–H groups in total. The fourth-order valence-electron chi connectivity index (χ4n) is 5.65. The first-order chi connectivity index (χ1) is 24.0. The normalized spacial score (nSPS) is 17.0. The monoisotopic (exact) mass is 736 g/mol.